The summed E-state index contributed by atoms with van der Waals surface area (Å²) in [7, 11) is 3.20. The van der Waals surface area contributed by atoms with Crippen LogP contribution in [0.3, 0.4) is 0 Å². The zero-order valence-corrected chi connectivity index (χ0v) is 23.9. The molecule has 1 heterocycles. The first kappa shape index (κ1) is 28.8. The van der Waals surface area contributed by atoms with Crippen molar-refractivity contribution in [2.45, 2.75) is 33.2 Å². The largest absolute Gasteiger partial charge is 0.493 e. The Morgan fingerprint density at radius 2 is 1.70 bits per heavy atom. The van der Waals surface area contributed by atoms with E-state index >= 15 is 0 Å². The Labute approximate surface area is 232 Å². The third kappa shape index (κ3) is 7.63. The molecule has 0 atom stereocenters. The summed E-state index contributed by atoms with van der Waals surface area (Å²) in [6.07, 6.45) is 1.33. The highest BCUT2D eigenvalue weighted by atomic mass is 35.5. The highest BCUT2D eigenvalue weighted by Gasteiger charge is 2.24. The molecule has 0 unspecified atom stereocenters. The van der Waals surface area contributed by atoms with Gasteiger partial charge in [-0.05, 0) is 72.7 Å². The molecule has 9 heteroatoms. The average Bonchev–Trinajstić information content (AvgIpc) is 3.29. The van der Waals surface area contributed by atoms with E-state index in [1.165, 1.54) is 6.07 Å². The Balaban J connectivity index is 1.81. The molecule has 0 aliphatic carbocycles. The van der Waals surface area contributed by atoms with Gasteiger partial charge in [-0.15, -0.1) is 11.3 Å². The molecule has 6 nitrogen and oxygen atoms in total. The first-order valence-corrected chi connectivity index (χ1v) is 13.7. The topological polar surface area (TPSA) is 59.1 Å². The number of rotatable bonds is 12. The fourth-order valence-electron chi connectivity index (χ4n) is 3.95. The lowest BCUT2D eigenvalue weighted by atomic mass is 10.1. The quantitative estimate of drug-likeness (QED) is 0.252. The fourth-order valence-corrected chi connectivity index (χ4v) is 5.36. The van der Waals surface area contributed by atoms with Crippen molar-refractivity contribution < 1.29 is 19.1 Å². The zero-order valence-electron chi connectivity index (χ0n) is 21.6. The molecule has 198 valence electrons. The van der Waals surface area contributed by atoms with Crippen LogP contribution in [0.2, 0.25) is 10.0 Å². The van der Waals surface area contributed by atoms with Gasteiger partial charge in [0.25, 0.3) is 5.91 Å². The van der Waals surface area contributed by atoms with Gasteiger partial charge in [0, 0.05) is 23.0 Å². The molecule has 0 aliphatic rings. The molecule has 0 fully saturated rings. The number of thiophene rings is 1. The van der Waals surface area contributed by atoms with Crippen LogP contribution in [0, 0.1) is 6.92 Å². The van der Waals surface area contributed by atoms with E-state index in [1.807, 2.05) is 48.4 Å². The van der Waals surface area contributed by atoms with Gasteiger partial charge in [-0.1, -0.05) is 36.2 Å². The number of carbonyl (C=O) groups excluding carboxylic acids is 2. The van der Waals surface area contributed by atoms with Crippen LogP contribution in [0.4, 0.5) is 0 Å². The number of nitrogens with zero attached hydrogens (tertiary/aromatic N) is 2. The van der Waals surface area contributed by atoms with Crippen LogP contribution in [-0.2, 0) is 17.8 Å². The molecule has 3 rings (SSSR count). The van der Waals surface area contributed by atoms with Gasteiger partial charge in [0.15, 0.2) is 11.5 Å². The molecule has 0 aliphatic heterocycles. The highest BCUT2D eigenvalue weighted by molar-refractivity contribution is 7.10. The summed E-state index contributed by atoms with van der Waals surface area (Å²) < 4.78 is 10.8. The molecule has 0 spiro atoms. The van der Waals surface area contributed by atoms with Gasteiger partial charge in [0.1, 0.15) is 6.54 Å². The first-order valence-electron chi connectivity index (χ1n) is 12.0. The number of carbonyl (C=O) groups is 2. The lowest BCUT2D eigenvalue weighted by Gasteiger charge is -2.28. The van der Waals surface area contributed by atoms with Crippen molar-refractivity contribution in [1.29, 1.82) is 0 Å². The second kappa shape index (κ2) is 13.7. The summed E-state index contributed by atoms with van der Waals surface area (Å²) in [6, 6.07) is 12.6. The predicted molar refractivity (Wildman–Crippen MR) is 150 cm³/mol. The van der Waals surface area contributed by atoms with Crippen LogP contribution >= 0.6 is 34.5 Å². The maximum absolute atomic E-state index is 13.6. The van der Waals surface area contributed by atoms with Gasteiger partial charge in [-0.25, -0.2) is 0 Å². The van der Waals surface area contributed by atoms with E-state index in [2.05, 4.69) is 0 Å². The van der Waals surface area contributed by atoms with Gasteiger partial charge < -0.3 is 19.3 Å². The van der Waals surface area contributed by atoms with E-state index in [9.17, 15) is 9.59 Å². The number of ether oxygens (including phenoxy) is 2. The van der Waals surface area contributed by atoms with E-state index in [-0.39, 0.29) is 23.4 Å². The third-order valence-electron chi connectivity index (χ3n) is 6.04. The lowest BCUT2D eigenvalue weighted by Crippen LogP contribution is -2.43. The number of aryl methyl sites for hydroxylation is 1. The normalized spacial score (nSPS) is 10.8. The van der Waals surface area contributed by atoms with E-state index in [0.29, 0.717) is 54.6 Å². The Kier molecular flexibility index (Phi) is 10.7. The Hall–Kier alpha value is -2.74. The third-order valence-corrected chi connectivity index (χ3v) is 7.60. The molecule has 37 heavy (non-hydrogen) atoms. The molecule has 2 amide bonds. The van der Waals surface area contributed by atoms with Gasteiger partial charge in [-0.2, -0.15) is 0 Å². The van der Waals surface area contributed by atoms with Crippen LogP contribution in [-0.4, -0.2) is 55.5 Å². The van der Waals surface area contributed by atoms with Crippen molar-refractivity contribution in [3.63, 3.8) is 0 Å². The van der Waals surface area contributed by atoms with E-state index < -0.39 is 0 Å². The van der Waals surface area contributed by atoms with Crippen molar-refractivity contribution in [3.05, 3.63) is 79.5 Å². The summed E-state index contributed by atoms with van der Waals surface area (Å²) in [4.78, 5) is 31.4. The van der Waals surface area contributed by atoms with Gasteiger partial charge >= 0.3 is 0 Å². The summed E-state index contributed by atoms with van der Waals surface area (Å²) in [5.41, 5.74) is 2.49. The van der Waals surface area contributed by atoms with E-state index in [1.54, 1.807) is 42.6 Å². The molecular formula is C28H32Cl2N2O4S. The number of hydrogen-bond donors (Lipinski definition) is 0. The Morgan fingerprint density at radius 1 is 0.946 bits per heavy atom. The molecule has 0 saturated carbocycles. The molecule has 1 aromatic heterocycles. The number of benzene rings is 2. The number of amides is 2. The van der Waals surface area contributed by atoms with Crippen molar-refractivity contribution in [2.75, 3.05) is 33.9 Å². The SMILES string of the molecule is CCCN(CC(=O)N(CCc1ccc(OC)c(OC)c1)Cc1sccc1C)C(=O)c1ccc(Cl)cc1Cl. The van der Waals surface area contributed by atoms with E-state index in [0.717, 1.165) is 16.0 Å². The molecule has 3 aromatic rings. The van der Waals surface area contributed by atoms with Gasteiger partial charge in [-0.3, -0.25) is 9.59 Å². The Morgan fingerprint density at radius 3 is 2.32 bits per heavy atom. The van der Waals surface area contributed by atoms with Gasteiger partial charge in [0.2, 0.25) is 5.91 Å². The minimum atomic E-state index is -0.288. The average molecular weight is 564 g/mol. The van der Waals surface area contributed by atoms with Crippen LogP contribution < -0.4 is 9.47 Å². The predicted octanol–water partition coefficient (Wildman–Crippen LogP) is 6.50. The van der Waals surface area contributed by atoms with Crippen LogP contribution in [0.25, 0.3) is 0 Å². The maximum Gasteiger partial charge on any atom is 0.255 e. The standard InChI is InChI=1S/C28H32Cl2N2O4S/c1-5-12-32(28(34)22-8-7-21(29)16-23(22)30)18-27(33)31(17-26-19(2)11-14-37-26)13-10-20-6-9-24(35-3)25(15-20)36-4/h6-9,11,14-16H,5,10,12-13,17-18H2,1-4H3. The zero-order chi connectivity index (χ0) is 26.9. The fraction of sp³-hybridized carbons (Fsp3) is 0.357. The first-order chi connectivity index (χ1) is 17.8. The Bertz CT molecular complexity index is 1230. The molecule has 0 bridgehead atoms. The van der Waals surface area contributed by atoms with Crippen LogP contribution in [0.1, 0.15) is 39.7 Å². The summed E-state index contributed by atoms with van der Waals surface area (Å²) in [6.45, 7) is 5.37. The number of halogens is 2. The second-order valence-corrected chi connectivity index (χ2v) is 10.5. The van der Waals surface area contributed by atoms with Crippen molar-refractivity contribution in [1.82, 2.24) is 9.80 Å². The summed E-state index contributed by atoms with van der Waals surface area (Å²) in [5, 5.41) is 2.75. The molecule has 0 N–H and O–H groups in total. The van der Waals surface area contributed by atoms with Gasteiger partial charge in [0.05, 0.1) is 31.4 Å². The molecule has 2 aromatic carbocycles. The monoisotopic (exact) mass is 562 g/mol. The second-order valence-electron chi connectivity index (χ2n) is 8.63. The van der Waals surface area contributed by atoms with Crippen molar-refractivity contribution >= 4 is 46.4 Å². The molecule has 0 radical (unpaired) electrons. The van der Waals surface area contributed by atoms with E-state index in [4.69, 9.17) is 32.7 Å². The highest BCUT2D eigenvalue weighted by Crippen LogP contribution is 2.28. The smallest absolute Gasteiger partial charge is 0.255 e. The van der Waals surface area contributed by atoms with Crippen LogP contribution in [0.5, 0.6) is 11.5 Å². The minimum absolute atomic E-state index is 0.0397. The maximum atomic E-state index is 13.6. The summed E-state index contributed by atoms with van der Waals surface area (Å²) >= 11 is 13.9. The van der Waals surface area contributed by atoms with Crippen molar-refractivity contribution in [3.8, 4) is 11.5 Å². The molecule has 0 saturated heterocycles. The van der Waals surface area contributed by atoms with Crippen LogP contribution in [0.15, 0.2) is 47.8 Å². The molecular weight excluding hydrogens is 531 g/mol. The van der Waals surface area contributed by atoms with Crippen molar-refractivity contribution in [2.24, 2.45) is 0 Å². The number of hydrogen-bond acceptors (Lipinski definition) is 5. The minimum Gasteiger partial charge on any atom is -0.493 e. The lowest BCUT2D eigenvalue weighted by molar-refractivity contribution is -0.132. The summed E-state index contributed by atoms with van der Waals surface area (Å²) in [5.74, 6) is 0.888. The number of methoxy groups -OCH3 is 2.